The summed E-state index contributed by atoms with van der Waals surface area (Å²) in [5, 5.41) is 2.75. The van der Waals surface area contributed by atoms with Crippen molar-refractivity contribution in [1.82, 2.24) is 19.6 Å². The summed E-state index contributed by atoms with van der Waals surface area (Å²) in [5.74, 6) is 1.08. The predicted octanol–water partition coefficient (Wildman–Crippen LogP) is 5.03. The Morgan fingerprint density at radius 3 is 2.65 bits per heavy atom. The maximum absolute atomic E-state index is 13.5. The van der Waals surface area contributed by atoms with Crippen LogP contribution in [-0.2, 0) is 21.6 Å². The van der Waals surface area contributed by atoms with E-state index in [1.807, 2.05) is 29.3 Å². The van der Waals surface area contributed by atoms with Gasteiger partial charge in [-0.05, 0) is 76.3 Å². The Kier molecular flexibility index (Phi) is 5.03. The lowest BCUT2D eigenvalue weighted by Crippen LogP contribution is -2.40. The van der Waals surface area contributed by atoms with E-state index in [2.05, 4.69) is 41.5 Å². The van der Waals surface area contributed by atoms with Crippen molar-refractivity contribution in [3.8, 4) is 0 Å². The zero-order chi connectivity index (χ0) is 23.7. The fourth-order valence-corrected chi connectivity index (χ4v) is 5.78. The number of hydrogen-bond acceptors (Lipinski definition) is 5. The highest BCUT2D eigenvalue weighted by molar-refractivity contribution is 6.31. The Morgan fingerprint density at radius 1 is 1.18 bits per heavy atom. The predicted molar refractivity (Wildman–Crippen MR) is 132 cm³/mol. The summed E-state index contributed by atoms with van der Waals surface area (Å²) < 4.78 is 2.33. The molecular formula is C26H30ClN5O2. The number of amides is 1. The molecule has 0 radical (unpaired) electrons. The van der Waals surface area contributed by atoms with Gasteiger partial charge in [0.2, 0.25) is 5.91 Å². The van der Waals surface area contributed by atoms with Crippen molar-refractivity contribution in [2.45, 2.75) is 70.1 Å². The highest BCUT2D eigenvalue weighted by Gasteiger charge is 2.59. The van der Waals surface area contributed by atoms with Gasteiger partial charge in [0, 0.05) is 30.4 Å². The molecule has 2 aromatic heterocycles. The van der Waals surface area contributed by atoms with Gasteiger partial charge in [0.05, 0.1) is 40.5 Å². The highest BCUT2D eigenvalue weighted by Crippen LogP contribution is 2.57. The van der Waals surface area contributed by atoms with Gasteiger partial charge in [0.1, 0.15) is 5.82 Å². The molecule has 0 atom stereocenters. The molecule has 3 aliphatic rings. The van der Waals surface area contributed by atoms with Crippen LogP contribution in [0.4, 0.5) is 5.69 Å². The second-order valence-electron chi connectivity index (χ2n) is 10.8. The van der Waals surface area contributed by atoms with Crippen molar-refractivity contribution in [2.75, 3.05) is 18.0 Å². The van der Waals surface area contributed by atoms with Gasteiger partial charge in [0.25, 0.3) is 0 Å². The highest BCUT2D eigenvalue weighted by atomic mass is 35.5. The molecule has 8 heteroatoms. The number of carbonyl (C=O) groups is 1. The van der Waals surface area contributed by atoms with E-state index in [9.17, 15) is 4.79 Å². The zero-order valence-electron chi connectivity index (χ0n) is 19.9. The number of imidazole rings is 1. The SMILES string of the molecule is CC(C)(C)ON1CCC(n2c(CN3C(=O)C4(CC4)c4ccncc43)nc3cc(Cl)ccc32)CC1. The molecule has 1 aromatic carbocycles. The largest absolute Gasteiger partial charge is 0.323 e. The van der Waals surface area contributed by atoms with Crippen molar-refractivity contribution in [2.24, 2.45) is 0 Å². The van der Waals surface area contributed by atoms with Crippen LogP contribution in [0.2, 0.25) is 5.02 Å². The molecule has 1 amide bonds. The lowest BCUT2D eigenvalue weighted by atomic mass is 9.99. The van der Waals surface area contributed by atoms with Gasteiger partial charge in [-0.2, -0.15) is 5.06 Å². The van der Waals surface area contributed by atoms with Crippen LogP contribution in [-0.4, -0.2) is 44.2 Å². The number of aromatic nitrogens is 3. The minimum atomic E-state index is -0.339. The summed E-state index contributed by atoms with van der Waals surface area (Å²) >= 11 is 6.31. The second kappa shape index (κ2) is 7.77. The van der Waals surface area contributed by atoms with E-state index in [0.717, 1.165) is 66.9 Å². The lowest BCUT2D eigenvalue weighted by Gasteiger charge is -2.36. The molecule has 3 aromatic rings. The number of pyridine rings is 1. The Hall–Kier alpha value is -2.48. The molecule has 1 aliphatic carbocycles. The minimum absolute atomic E-state index is 0.181. The summed E-state index contributed by atoms with van der Waals surface area (Å²) in [4.78, 5) is 30.8. The quantitative estimate of drug-likeness (QED) is 0.525. The van der Waals surface area contributed by atoms with E-state index in [1.165, 1.54) is 0 Å². The monoisotopic (exact) mass is 479 g/mol. The molecule has 34 heavy (non-hydrogen) atoms. The van der Waals surface area contributed by atoms with Gasteiger partial charge in [-0.3, -0.25) is 14.6 Å². The number of nitrogens with zero attached hydrogens (tertiary/aromatic N) is 5. The number of anilines is 1. The summed E-state index contributed by atoms with van der Waals surface area (Å²) in [7, 11) is 0. The number of hydrogen-bond donors (Lipinski definition) is 0. The van der Waals surface area contributed by atoms with Crippen LogP contribution in [0.25, 0.3) is 11.0 Å². The van der Waals surface area contributed by atoms with Crippen molar-refractivity contribution in [1.29, 1.82) is 0 Å². The van der Waals surface area contributed by atoms with Crippen molar-refractivity contribution >= 4 is 34.2 Å². The molecule has 1 saturated heterocycles. The summed E-state index contributed by atoms with van der Waals surface area (Å²) in [6.45, 7) is 8.38. The van der Waals surface area contributed by atoms with Crippen LogP contribution < -0.4 is 4.90 Å². The van der Waals surface area contributed by atoms with E-state index >= 15 is 0 Å². The Balaban J connectivity index is 1.34. The van der Waals surface area contributed by atoms with Gasteiger partial charge in [-0.1, -0.05) is 11.6 Å². The average Bonchev–Trinajstić information content (AvgIpc) is 3.48. The Bertz CT molecular complexity index is 1270. The molecule has 2 aliphatic heterocycles. The van der Waals surface area contributed by atoms with Crippen LogP contribution in [0.5, 0.6) is 0 Å². The van der Waals surface area contributed by atoms with Crippen LogP contribution >= 0.6 is 11.6 Å². The summed E-state index contributed by atoms with van der Waals surface area (Å²) in [5.41, 5.74) is 3.44. The number of halogens is 1. The van der Waals surface area contributed by atoms with Crippen molar-refractivity contribution < 1.29 is 9.63 Å². The fraction of sp³-hybridized carbons (Fsp3) is 0.500. The van der Waals surface area contributed by atoms with Crippen molar-refractivity contribution in [3.63, 3.8) is 0 Å². The Labute approximate surface area is 204 Å². The van der Waals surface area contributed by atoms with E-state index in [1.54, 1.807) is 6.20 Å². The number of fused-ring (bicyclic) bond motifs is 3. The van der Waals surface area contributed by atoms with Crippen LogP contribution in [0, 0.1) is 0 Å². The first-order chi connectivity index (χ1) is 16.2. The summed E-state index contributed by atoms with van der Waals surface area (Å²) in [6, 6.07) is 8.17. The second-order valence-corrected chi connectivity index (χ2v) is 11.2. The molecule has 6 rings (SSSR count). The van der Waals surface area contributed by atoms with Gasteiger partial charge in [0.15, 0.2) is 0 Å². The third-order valence-electron chi connectivity index (χ3n) is 7.23. The number of rotatable bonds is 4. The van der Waals surface area contributed by atoms with Crippen molar-refractivity contribution in [3.05, 3.63) is 53.1 Å². The van der Waals surface area contributed by atoms with E-state index < -0.39 is 0 Å². The number of hydroxylamine groups is 2. The van der Waals surface area contributed by atoms with Crippen LogP contribution in [0.3, 0.4) is 0 Å². The number of carbonyl (C=O) groups excluding carboxylic acids is 1. The Morgan fingerprint density at radius 2 is 1.94 bits per heavy atom. The van der Waals surface area contributed by atoms with Crippen LogP contribution in [0.1, 0.15) is 63.9 Å². The van der Waals surface area contributed by atoms with E-state index in [0.29, 0.717) is 11.6 Å². The molecule has 0 unspecified atom stereocenters. The third-order valence-corrected chi connectivity index (χ3v) is 7.46. The normalized spacial score (nSPS) is 20.5. The topological polar surface area (TPSA) is 63.5 Å². The third kappa shape index (κ3) is 3.61. The molecule has 178 valence electrons. The molecule has 1 saturated carbocycles. The smallest absolute Gasteiger partial charge is 0.238 e. The zero-order valence-corrected chi connectivity index (χ0v) is 20.7. The minimum Gasteiger partial charge on any atom is -0.323 e. The first-order valence-electron chi connectivity index (χ1n) is 12.1. The maximum atomic E-state index is 13.5. The molecular weight excluding hydrogens is 450 g/mol. The molecule has 7 nitrogen and oxygen atoms in total. The molecule has 1 spiro atoms. The van der Waals surface area contributed by atoms with Crippen LogP contribution in [0.15, 0.2) is 36.7 Å². The fourth-order valence-electron chi connectivity index (χ4n) is 5.62. The standard InChI is InChI=1S/C26H30ClN5O2/c1-25(2,3)34-30-12-7-18(8-13-30)32-21-5-4-17(27)14-20(21)29-23(32)16-31-22-15-28-11-6-19(22)26(9-10-26)24(31)33/h4-6,11,14-15,18H,7-10,12-13,16H2,1-3H3. The molecule has 0 N–H and O–H groups in total. The first kappa shape index (κ1) is 22.0. The molecule has 4 heterocycles. The number of benzene rings is 1. The van der Waals surface area contributed by atoms with Gasteiger partial charge in [-0.25, -0.2) is 4.98 Å². The maximum Gasteiger partial charge on any atom is 0.238 e. The molecule has 0 bridgehead atoms. The van der Waals surface area contributed by atoms with Gasteiger partial charge in [-0.15, -0.1) is 0 Å². The van der Waals surface area contributed by atoms with E-state index in [4.69, 9.17) is 21.4 Å². The lowest BCUT2D eigenvalue weighted by molar-refractivity contribution is -0.237. The van der Waals surface area contributed by atoms with Gasteiger partial charge >= 0.3 is 0 Å². The average molecular weight is 480 g/mol. The first-order valence-corrected chi connectivity index (χ1v) is 12.5. The van der Waals surface area contributed by atoms with Gasteiger partial charge < -0.3 is 9.47 Å². The summed E-state index contributed by atoms with van der Waals surface area (Å²) in [6.07, 6.45) is 7.35. The number of piperidine rings is 1. The van der Waals surface area contributed by atoms with E-state index in [-0.39, 0.29) is 23.0 Å². The molecule has 2 fully saturated rings.